The number of hydrogen-bond acceptors (Lipinski definition) is 2. The van der Waals surface area contributed by atoms with Crippen LogP contribution in [0.25, 0.3) is 11.1 Å². The zero-order valence-electron chi connectivity index (χ0n) is 7.82. The highest BCUT2D eigenvalue weighted by molar-refractivity contribution is 5.78. The molecule has 0 atom stereocenters. The Morgan fingerprint density at radius 3 is 2.71 bits per heavy atom. The van der Waals surface area contributed by atoms with Crippen LogP contribution >= 0.6 is 0 Å². The molecule has 14 heavy (non-hydrogen) atoms. The van der Waals surface area contributed by atoms with E-state index in [9.17, 15) is 0 Å². The summed E-state index contributed by atoms with van der Waals surface area (Å²) < 4.78 is 5.13. The molecule has 0 saturated carbocycles. The van der Waals surface area contributed by atoms with Gasteiger partial charge in [0.25, 0.3) is 0 Å². The molecule has 2 aliphatic carbocycles. The average Bonchev–Trinajstić information content (AvgIpc) is 2.39. The zero-order valence-corrected chi connectivity index (χ0v) is 7.82. The van der Waals surface area contributed by atoms with E-state index < -0.39 is 0 Å². The van der Waals surface area contributed by atoms with Gasteiger partial charge in [-0.3, -0.25) is 0 Å². The van der Waals surface area contributed by atoms with Crippen molar-refractivity contribution in [2.24, 2.45) is 0 Å². The van der Waals surface area contributed by atoms with E-state index in [0.29, 0.717) is 11.3 Å². The fourth-order valence-corrected chi connectivity index (χ4v) is 1.54. The quantitative estimate of drug-likeness (QED) is 0.681. The molecule has 0 saturated heterocycles. The minimum atomic E-state index is 0.610. The van der Waals surface area contributed by atoms with Crippen LogP contribution in [0.15, 0.2) is 36.4 Å². The van der Waals surface area contributed by atoms with Gasteiger partial charge in [0.15, 0.2) is 0 Å². The van der Waals surface area contributed by atoms with Crippen LogP contribution in [0.4, 0.5) is 0 Å². The third kappa shape index (κ3) is 1.20. The second-order valence-corrected chi connectivity index (χ2v) is 2.98. The minimum absolute atomic E-state index is 0.610. The number of fused-ring (bicyclic) bond motifs is 1. The van der Waals surface area contributed by atoms with E-state index in [1.54, 1.807) is 7.11 Å². The van der Waals surface area contributed by atoms with Crippen molar-refractivity contribution in [3.8, 4) is 22.9 Å². The summed E-state index contributed by atoms with van der Waals surface area (Å²) in [6.07, 6.45) is 0. The van der Waals surface area contributed by atoms with Crippen LogP contribution in [0.1, 0.15) is 5.56 Å². The first-order valence-electron chi connectivity index (χ1n) is 4.32. The molecule has 0 unspecified atom stereocenters. The summed E-state index contributed by atoms with van der Waals surface area (Å²) >= 11 is 0. The van der Waals surface area contributed by atoms with Crippen LogP contribution in [0, 0.1) is 11.3 Å². The van der Waals surface area contributed by atoms with Crippen molar-refractivity contribution in [1.29, 1.82) is 5.26 Å². The fraction of sp³-hybridized carbons (Fsp3) is 0.0833. The smallest absolute Gasteiger partial charge is 0.137 e. The summed E-state index contributed by atoms with van der Waals surface area (Å²) in [6, 6.07) is 13.7. The molecular formula is C12H9NO. The minimum Gasteiger partial charge on any atom is -0.495 e. The predicted molar refractivity (Wildman–Crippen MR) is 54.3 cm³/mol. The van der Waals surface area contributed by atoms with Gasteiger partial charge in [-0.25, -0.2) is 0 Å². The van der Waals surface area contributed by atoms with E-state index in [0.717, 1.165) is 11.1 Å². The number of nitriles is 1. The number of methoxy groups -OCH3 is 1. The fourth-order valence-electron chi connectivity index (χ4n) is 1.54. The molecule has 0 aromatic rings. The molecule has 0 heterocycles. The van der Waals surface area contributed by atoms with Gasteiger partial charge < -0.3 is 4.74 Å². The number of rotatable bonds is 1. The molecule has 0 amide bonds. The van der Waals surface area contributed by atoms with E-state index in [4.69, 9.17) is 10.00 Å². The summed E-state index contributed by atoms with van der Waals surface area (Å²) in [4.78, 5) is 0. The maximum atomic E-state index is 8.99. The summed E-state index contributed by atoms with van der Waals surface area (Å²) in [5.74, 6) is 0.647. The maximum absolute atomic E-state index is 8.99. The molecule has 0 bridgehead atoms. The third-order valence-corrected chi connectivity index (χ3v) is 2.21. The molecule has 0 N–H and O–H groups in total. The molecule has 2 heteroatoms. The van der Waals surface area contributed by atoms with E-state index in [1.807, 2.05) is 36.4 Å². The molecule has 2 nitrogen and oxygen atoms in total. The summed E-state index contributed by atoms with van der Waals surface area (Å²) in [5.41, 5.74) is 2.58. The van der Waals surface area contributed by atoms with Gasteiger partial charge in [-0.1, -0.05) is 30.3 Å². The Labute approximate surface area is 82.7 Å². The lowest BCUT2D eigenvalue weighted by atomic mass is 10.1. The Hall–Kier alpha value is -2.01. The molecule has 0 aromatic heterocycles. The van der Waals surface area contributed by atoms with Crippen molar-refractivity contribution in [1.82, 2.24) is 0 Å². The normalized spacial score (nSPS) is 9.71. The second-order valence-electron chi connectivity index (χ2n) is 2.98. The van der Waals surface area contributed by atoms with Crippen molar-refractivity contribution in [3.05, 3.63) is 42.0 Å². The Kier molecular flexibility index (Phi) is 2.08. The Bertz CT molecular complexity index is 470. The van der Waals surface area contributed by atoms with Gasteiger partial charge >= 0.3 is 0 Å². The maximum Gasteiger partial charge on any atom is 0.137 e. The zero-order chi connectivity index (χ0) is 9.97. The lowest BCUT2D eigenvalue weighted by molar-refractivity contribution is 0.415. The van der Waals surface area contributed by atoms with Crippen LogP contribution in [-0.4, -0.2) is 7.11 Å². The Morgan fingerprint density at radius 1 is 1.21 bits per heavy atom. The Balaban J connectivity index is 2.76. The molecule has 0 aromatic carbocycles. The Morgan fingerprint density at radius 2 is 2.00 bits per heavy atom. The van der Waals surface area contributed by atoms with E-state index in [1.165, 1.54) is 0 Å². The summed E-state index contributed by atoms with van der Waals surface area (Å²) in [7, 11) is 1.58. The average molecular weight is 183 g/mol. The van der Waals surface area contributed by atoms with Gasteiger partial charge in [0, 0.05) is 5.56 Å². The van der Waals surface area contributed by atoms with E-state index in [2.05, 4.69) is 6.07 Å². The molecule has 0 radical (unpaired) electrons. The molecule has 0 spiro atoms. The second kappa shape index (κ2) is 3.39. The SMILES string of the molecule is COc1cc2cccccc-2c1C#N. The van der Waals surface area contributed by atoms with Crippen molar-refractivity contribution < 1.29 is 4.74 Å². The van der Waals surface area contributed by atoms with Gasteiger partial charge in [0.2, 0.25) is 0 Å². The predicted octanol–water partition coefficient (Wildman–Crippen LogP) is 2.67. The van der Waals surface area contributed by atoms with Gasteiger partial charge in [0.1, 0.15) is 17.4 Å². The molecule has 2 rings (SSSR count). The molecule has 68 valence electrons. The van der Waals surface area contributed by atoms with Gasteiger partial charge in [-0.05, 0) is 11.6 Å². The third-order valence-electron chi connectivity index (χ3n) is 2.21. The lowest BCUT2D eigenvalue weighted by Crippen LogP contribution is -1.81. The number of nitrogens with zero attached hydrogens (tertiary/aromatic N) is 1. The van der Waals surface area contributed by atoms with E-state index >= 15 is 0 Å². The monoisotopic (exact) mass is 183 g/mol. The summed E-state index contributed by atoms with van der Waals surface area (Å²) in [5, 5.41) is 8.99. The molecule has 2 aliphatic rings. The lowest BCUT2D eigenvalue weighted by Gasteiger charge is -1.93. The highest BCUT2D eigenvalue weighted by Gasteiger charge is 2.14. The van der Waals surface area contributed by atoms with Crippen molar-refractivity contribution in [2.75, 3.05) is 7.11 Å². The first-order chi connectivity index (χ1) is 6.86. The highest BCUT2D eigenvalue weighted by Crippen LogP contribution is 2.35. The van der Waals surface area contributed by atoms with Gasteiger partial charge in [-0.2, -0.15) is 5.26 Å². The van der Waals surface area contributed by atoms with Crippen molar-refractivity contribution in [3.63, 3.8) is 0 Å². The van der Waals surface area contributed by atoms with E-state index in [-0.39, 0.29) is 0 Å². The summed E-state index contributed by atoms with van der Waals surface area (Å²) in [6.45, 7) is 0. The largest absolute Gasteiger partial charge is 0.495 e. The first kappa shape index (κ1) is 8.58. The molecule has 0 fully saturated rings. The van der Waals surface area contributed by atoms with Gasteiger partial charge in [0.05, 0.1) is 7.11 Å². The number of hydrogen-bond donors (Lipinski definition) is 0. The first-order valence-corrected chi connectivity index (χ1v) is 4.32. The highest BCUT2D eigenvalue weighted by atomic mass is 16.5. The van der Waals surface area contributed by atoms with Crippen molar-refractivity contribution >= 4 is 0 Å². The van der Waals surface area contributed by atoms with Crippen LogP contribution in [0.5, 0.6) is 5.75 Å². The molecular weight excluding hydrogens is 174 g/mol. The molecule has 0 aliphatic heterocycles. The van der Waals surface area contributed by atoms with Crippen LogP contribution in [0.2, 0.25) is 0 Å². The van der Waals surface area contributed by atoms with Crippen molar-refractivity contribution in [2.45, 2.75) is 0 Å². The number of ether oxygens (including phenoxy) is 1. The van der Waals surface area contributed by atoms with Crippen LogP contribution in [0.3, 0.4) is 0 Å². The van der Waals surface area contributed by atoms with Gasteiger partial charge in [-0.15, -0.1) is 0 Å². The standard InChI is InChI=1S/C12H9NO/c1-14-12-7-9-5-3-2-4-6-10(9)11(12)8-13/h2-7H,1H3. The topological polar surface area (TPSA) is 33.0 Å². The van der Waals surface area contributed by atoms with Crippen LogP contribution in [-0.2, 0) is 0 Å². The van der Waals surface area contributed by atoms with Crippen LogP contribution < -0.4 is 4.74 Å².